The fourth-order valence-electron chi connectivity index (χ4n) is 2.63. The van der Waals surface area contributed by atoms with Gasteiger partial charge in [0.05, 0.1) is 12.2 Å². The fourth-order valence-corrected chi connectivity index (χ4v) is 3.84. The Morgan fingerprint density at radius 1 is 1.31 bits per heavy atom. The van der Waals surface area contributed by atoms with Crippen LogP contribution in [0.25, 0.3) is 0 Å². The molecule has 0 aliphatic heterocycles. The number of aromatic nitrogens is 1. The molecule has 1 N–H and O–H groups in total. The van der Waals surface area contributed by atoms with Gasteiger partial charge >= 0.3 is 0 Å². The lowest BCUT2D eigenvalue weighted by molar-refractivity contribution is -0.127. The summed E-state index contributed by atoms with van der Waals surface area (Å²) in [7, 11) is 5.52. The number of thiazole rings is 1. The average Bonchev–Trinajstić information content (AvgIpc) is 2.99. The van der Waals surface area contributed by atoms with Crippen molar-refractivity contribution < 1.29 is 4.79 Å². The molecule has 0 saturated heterocycles. The summed E-state index contributed by atoms with van der Waals surface area (Å²) in [6, 6.07) is 0.306. The maximum atomic E-state index is 11.9. The summed E-state index contributed by atoms with van der Waals surface area (Å²) in [5.74, 6) is 0.763. The van der Waals surface area contributed by atoms with E-state index in [4.69, 9.17) is 4.98 Å². The zero-order chi connectivity index (χ0) is 18.4. The Labute approximate surface area is 178 Å². The molecular weight excluding hydrogens is 461 g/mol. The van der Waals surface area contributed by atoms with Crippen LogP contribution in [0.2, 0.25) is 0 Å². The van der Waals surface area contributed by atoms with Crippen molar-refractivity contribution in [3.63, 3.8) is 0 Å². The van der Waals surface area contributed by atoms with Crippen molar-refractivity contribution in [2.75, 3.05) is 27.7 Å². The minimum Gasteiger partial charge on any atom is -0.354 e. The van der Waals surface area contributed by atoms with Crippen molar-refractivity contribution in [2.24, 2.45) is 4.99 Å². The number of amides is 1. The number of nitrogens with zero attached hydrogens (tertiary/aromatic N) is 4. The standard InChI is InChI=1S/C18H31N5OS.HI/c1-6-13(2)20-18(19-11-17(24)22(3)4)23(5)12-16-21-14-9-7-8-10-15(14)25-16;/h13H,6-12H2,1-5H3,(H,19,20);1H. The van der Waals surface area contributed by atoms with Crippen LogP contribution in [0.1, 0.15) is 48.7 Å². The summed E-state index contributed by atoms with van der Waals surface area (Å²) in [4.78, 5) is 26.3. The molecule has 0 spiro atoms. The van der Waals surface area contributed by atoms with E-state index in [0.29, 0.717) is 6.04 Å². The molecule has 6 nitrogen and oxygen atoms in total. The Hall–Kier alpha value is -0.900. The van der Waals surface area contributed by atoms with Crippen LogP contribution in [0.5, 0.6) is 0 Å². The predicted molar refractivity (Wildman–Crippen MR) is 120 cm³/mol. The lowest BCUT2D eigenvalue weighted by atomic mass is 10.0. The maximum absolute atomic E-state index is 11.9. The van der Waals surface area contributed by atoms with E-state index < -0.39 is 0 Å². The number of rotatable bonds is 6. The normalized spacial score (nSPS) is 14.9. The molecule has 0 fully saturated rings. The van der Waals surface area contributed by atoms with Crippen LogP contribution in [-0.2, 0) is 24.2 Å². The SMILES string of the molecule is CCC(C)NC(=NCC(=O)N(C)C)N(C)Cc1nc2c(s1)CCCC2.I. The molecule has 1 aromatic rings. The lowest BCUT2D eigenvalue weighted by Crippen LogP contribution is -2.43. The number of hydrogen-bond donors (Lipinski definition) is 1. The number of guanidine groups is 1. The molecule has 1 atom stereocenters. The molecule has 0 aromatic carbocycles. The third kappa shape index (κ3) is 6.68. The molecule has 0 bridgehead atoms. The second-order valence-electron chi connectivity index (χ2n) is 6.92. The number of carbonyl (C=O) groups is 1. The van der Waals surface area contributed by atoms with Gasteiger partial charge in [-0.25, -0.2) is 9.98 Å². The topological polar surface area (TPSA) is 60.8 Å². The summed E-state index contributed by atoms with van der Waals surface area (Å²) in [6.45, 7) is 5.13. The third-order valence-corrected chi connectivity index (χ3v) is 5.62. The number of hydrogen-bond acceptors (Lipinski definition) is 4. The van der Waals surface area contributed by atoms with Crippen LogP contribution in [0, 0.1) is 0 Å². The van der Waals surface area contributed by atoms with Crippen LogP contribution in [0.4, 0.5) is 0 Å². The Morgan fingerprint density at radius 2 is 2.00 bits per heavy atom. The van der Waals surface area contributed by atoms with E-state index in [-0.39, 0.29) is 36.4 Å². The second kappa shape index (κ2) is 11.1. The second-order valence-corrected chi connectivity index (χ2v) is 8.09. The molecule has 1 aromatic heterocycles. The summed E-state index contributed by atoms with van der Waals surface area (Å²) in [6.07, 6.45) is 5.80. The highest BCUT2D eigenvalue weighted by Gasteiger charge is 2.18. The first-order valence-corrected chi connectivity index (χ1v) is 9.92. The predicted octanol–water partition coefficient (Wildman–Crippen LogP) is 2.90. The van der Waals surface area contributed by atoms with E-state index >= 15 is 0 Å². The highest BCUT2D eigenvalue weighted by atomic mass is 127. The number of carbonyl (C=O) groups excluding carboxylic acids is 1. The van der Waals surface area contributed by atoms with Gasteiger partial charge in [0.1, 0.15) is 11.6 Å². The highest BCUT2D eigenvalue weighted by Crippen LogP contribution is 2.27. The number of halogens is 1. The summed E-state index contributed by atoms with van der Waals surface area (Å²) in [5.41, 5.74) is 1.29. The Balaban J connectivity index is 0.00000338. The summed E-state index contributed by atoms with van der Waals surface area (Å²) < 4.78 is 0. The molecule has 0 radical (unpaired) electrons. The minimum atomic E-state index is 0. The Morgan fingerprint density at radius 3 is 2.62 bits per heavy atom. The van der Waals surface area contributed by atoms with Gasteiger partial charge in [-0.1, -0.05) is 6.92 Å². The van der Waals surface area contributed by atoms with Gasteiger partial charge in [-0.05, 0) is 39.0 Å². The molecule has 0 saturated carbocycles. The monoisotopic (exact) mass is 493 g/mol. The zero-order valence-corrected chi connectivity index (χ0v) is 19.7. The average molecular weight is 493 g/mol. The van der Waals surface area contributed by atoms with Crippen LogP contribution in [0.3, 0.4) is 0 Å². The molecule has 2 rings (SSSR count). The van der Waals surface area contributed by atoms with Gasteiger partial charge in [-0.3, -0.25) is 4.79 Å². The van der Waals surface area contributed by atoms with Crippen molar-refractivity contribution in [1.29, 1.82) is 0 Å². The van der Waals surface area contributed by atoms with Gasteiger partial charge < -0.3 is 15.1 Å². The highest BCUT2D eigenvalue weighted by molar-refractivity contribution is 14.0. The molecule has 1 amide bonds. The van der Waals surface area contributed by atoms with Gasteiger partial charge in [0.2, 0.25) is 5.91 Å². The van der Waals surface area contributed by atoms with E-state index in [9.17, 15) is 4.79 Å². The van der Waals surface area contributed by atoms with E-state index in [1.165, 1.54) is 29.8 Å². The Kier molecular flexibility index (Phi) is 9.84. The van der Waals surface area contributed by atoms with Crippen molar-refractivity contribution in [3.8, 4) is 0 Å². The zero-order valence-electron chi connectivity index (χ0n) is 16.5. The molecule has 26 heavy (non-hydrogen) atoms. The molecule has 1 heterocycles. The van der Waals surface area contributed by atoms with Crippen molar-refractivity contribution in [2.45, 2.75) is 58.5 Å². The third-order valence-electron chi connectivity index (χ3n) is 4.47. The van der Waals surface area contributed by atoms with Gasteiger partial charge in [0.25, 0.3) is 0 Å². The molecule has 8 heteroatoms. The molecular formula is C18H32IN5OS. The molecule has 1 unspecified atom stereocenters. The number of nitrogens with one attached hydrogen (secondary N) is 1. The fraction of sp³-hybridized carbons (Fsp3) is 0.722. The number of fused-ring (bicyclic) bond motifs is 1. The van der Waals surface area contributed by atoms with Crippen molar-refractivity contribution >= 4 is 47.2 Å². The molecule has 148 valence electrons. The largest absolute Gasteiger partial charge is 0.354 e. The number of aliphatic imine (C=N–C) groups is 1. The van der Waals surface area contributed by atoms with Crippen LogP contribution in [0.15, 0.2) is 4.99 Å². The van der Waals surface area contributed by atoms with Gasteiger partial charge in [-0.15, -0.1) is 35.3 Å². The van der Waals surface area contributed by atoms with E-state index in [2.05, 4.69) is 29.1 Å². The first-order valence-electron chi connectivity index (χ1n) is 9.10. The number of aryl methyl sites for hydroxylation is 2. The smallest absolute Gasteiger partial charge is 0.243 e. The van der Waals surface area contributed by atoms with Crippen molar-refractivity contribution in [1.82, 2.24) is 20.1 Å². The van der Waals surface area contributed by atoms with Gasteiger partial charge in [-0.2, -0.15) is 0 Å². The summed E-state index contributed by atoms with van der Waals surface area (Å²) >= 11 is 1.82. The maximum Gasteiger partial charge on any atom is 0.243 e. The van der Waals surface area contributed by atoms with Crippen LogP contribution in [-0.4, -0.2) is 60.4 Å². The van der Waals surface area contributed by atoms with Crippen LogP contribution >= 0.6 is 35.3 Å². The quantitative estimate of drug-likeness (QED) is 0.376. The van der Waals surface area contributed by atoms with Crippen LogP contribution < -0.4 is 5.32 Å². The van der Waals surface area contributed by atoms with Gasteiger partial charge in [0.15, 0.2) is 5.96 Å². The van der Waals surface area contributed by atoms with Gasteiger partial charge in [0, 0.05) is 32.1 Å². The summed E-state index contributed by atoms with van der Waals surface area (Å²) in [5, 5.41) is 4.56. The molecule has 1 aliphatic rings. The van der Waals surface area contributed by atoms with Crippen molar-refractivity contribution in [3.05, 3.63) is 15.6 Å². The lowest BCUT2D eigenvalue weighted by Gasteiger charge is -2.24. The van der Waals surface area contributed by atoms with E-state index in [1.54, 1.807) is 19.0 Å². The Bertz CT molecular complexity index is 593. The first-order chi connectivity index (χ1) is 11.9. The number of likely N-dealkylation sites (N-methyl/N-ethyl adjacent to an activating group) is 1. The first kappa shape index (κ1) is 23.1. The minimum absolute atomic E-state index is 0. The van der Waals surface area contributed by atoms with E-state index in [0.717, 1.165) is 30.4 Å². The van der Waals surface area contributed by atoms with E-state index in [1.807, 2.05) is 18.4 Å². The molecule has 1 aliphatic carbocycles.